The number of rotatable bonds is 4. The number of hydrogen-bond donors (Lipinski definition) is 2. The van der Waals surface area contributed by atoms with E-state index in [0.717, 1.165) is 28.6 Å². The Bertz CT molecular complexity index is 1320. The Balaban J connectivity index is 1.40. The van der Waals surface area contributed by atoms with E-state index < -0.39 is 0 Å². The highest BCUT2D eigenvalue weighted by Gasteiger charge is 2.31. The second-order valence-electron chi connectivity index (χ2n) is 7.35. The van der Waals surface area contributed by atoms with Crippen LogP contribution in [0, 0.1) is 0 Å². The van der Waals surface area contributed by atoms with Gasteiger partial charge in [0, 0.05) is 22.9 Å². The molecule has 30 heavy (non-hydrogen) atoms. The van der Waals surface area contributed by atoms with E-state index in [9.17, 15) is 0 Å². The van der Waals surface area contributed by atoms with E-state index in [0.29, 0.717) is 0 Å². The molecule has 0 saturated carbocycles. The Labute approximate surface area is 178 Å². The molecule has 2 aromatic heterocycles. The Morgan fingerprint density at radius 1 is 0.833 bits per heavy atom. The van der Waals surface area contributed by atoms with Gasteiger partial charge in [-0.2, -0.15) is 0 Å². The second kappa shape index (κ2) is 7.07. The van der Waals surface area contributed by atoms with Crippen molar-refractivity contribution >= 4 is 22.7 Å². The quantitative estimate of drug-likeness (QED) is 0.419. The molecule has 6 rings (SSSR count). The summed E-state index contributed by atoms with van der Waals surface area (Å²) in [4.78, 5) is 3.63. The molecule has 0 amide bonds. The average Bonchev–Trinajstić information content (AvgIpc) is 3.48. The molecule has 1 atom stereocenters. The van der Waals surface area contributed by atoms with Crippen LogP contribution in [0.5, 0.6) is 0 Å². The third kappa shape index (κ3) is 2.88. The lowest BCUT2D eigenvalue weighted by atomic mass is 10.1. The summed E-state index contributed by atoms with van der Waals surface area (Å²) in [5, 5.41) is 11.0. The lowest BCUT2D eigenvalue weighted by Crippen LogP contribution is -2.16. The molecular formula is C24H19N5S. The molecule has 0 fully saturated rings. The van der Waals surface area contributed by atoms with E-state index in [1.54, 1.807) is 11.8 Å². The molecule has 5 nitrogen and oxygen atoms in total. The minimum atomic E-state index is 0.0522. The molecule has 3 heterocycles. The molecular weight excluding hydrogens is 390 g/mol. The maximum Gasteiger partial charge on any atom is 0.212 e. The van der Waals surface area contributed by atoms with E-state index in [1.807, 2.05) is 16.8 Å². The monoisotopic (exact) mass is 409 g/mol. The summed E-state index contributed by atoms with van der Waals surface area (Å²) in [6.07, 6.45) is 0.744. The third-order valence-electron chi connectivity index (χ3n) is 5.45. The first-order valence-electron chi connectivity index (χ1n) is 9.94. The van der Waals surface area contributed by atoms with Gasteiger partial charge in [-0.3, -0.25) is 0 Å². The minimum Gasteiger partial charge on any atom is -0.354 e. The van der Waals surface area contributed by atoms with Crippen molar-refractivity contribution in [2.45, 2.75) is 17.0 Å². The largest absolute Gasteiger partial charge is 0.354 e. The number of aromatic nitrogens is 4. The van der Waals surface area contributed by atoms with Crippen LogP contribution >= 0.6 is 11.8 Å². The van der Waals surface area contributed by atoms with Crippen molar-refractivity contribution in [3.63, 3.8) is 0 Å². The molecule has 0 aliphatic carbocycles. The van der Waals surface area contributed by atoms with Crippen molar-refractivity contribution in [3.05, 3.63) is 102 Å². The highest BCUT2D eigenvalue weighted by atomic mass is 32.2. The average molecular weight is 410 g/mol. The van der Waals surface area contributed by atoms with Crippen molar-refractivity contribution in [2.24, 2.45) is 0 Å². The van der Waals surface area contributed by atoms with Crippen LogP contribution in [0.1, 0.15) is 22.3 Å². The Morgan fingerprint density at radius 3 is 2.40 bits per heavy atom. The van der Waals surface area contributed by atoms with E-state index >= 15 is 0 Å². The number of para-hydroxylation sites is 1. The van der Waals surface area contributed by atoms with Crippen LogP contribution in [0.15, 0.2) is 90.1 Å². The normalized spacial score (nSPS) is 15.3. The number of nitrogens with zero attached hydrogens (tertiary/aromatic N) is 3. The zero-order valence-electron chi connectivity index (χ0n) is 16.1. The van der Waals surface area contributed by atoms with Crippen LogP contribution in [-0.2, 0) is 6.42 Å². The van der Waals surface area contributed by atoms with Gasteiger partial charge in [0.2, 0.25) is 5.16 Å². The van der Waals surface area contributed by atoms with Gasteiger partial charge >= 0.3 is 0 Å². The maximum atomic E-state index is 4.44. The van der Waals surface area contributed by atoms with E-state index in [2.05, 4.69) is 93.4 Å². The molecule has 2 N–H and O–H groups in total. The molecule has 6 heteroatoms. The summed E-state index contributed by atoms with van der Waals surface area (Å²) in [5.41, 5.74) is 9.58. The van der Waals surface area contributed by atoms with Crippen LogP contribution in [0.2, 0.25) is 0 Å². The topological polar surface area (TPSA) is 58.5 Å². The zero-order chi connectivity index (χ0) is 19.9. The molecule has 0 radical (unpaired) electrons. The van der Waals surface area contributed by atoms with Gasteiger partial charge in [0.05, 0.1) is 5.69 Å². The van der Waals surface area contributed by atoms with Crippen LogP contribution in [0.4, 0.5) is 0 Å². The van der Waals surface area contributed by atoms with Crippen LogP contribution < -0.4 is 5.43 Å². The van der Waals surface area contributed by atoms with E-state index in [-0.39, 0.29) is 5.37 Å². The second-order valence-corrected chi connectivity index (χ2v) is 8.42. The van der Waals surface area contributed by atoms with Gasteiger partial charge in [0.1, 0.15) is 5.37 Å². The fourth-order valence-electron chi connectivity index (χ4n) is 4.04. The number of hydrogen-bond acceptors (Lipinski definition) is 4. The fraction of sp³-hybridized carbons (Fsp3) is 0.0833. The summed E-state index contributed by atoms with van der Waals surface area (Å²) in [5.74, 6) is 0.923. The van der Waals surface area contributed by atoms with Gasteiger partial charge in [-0.15, -0.1) is 10.2 Å². The summed E-state index contributed by atoms with van der Waals surface area (Å²) < 4.78 is 2.04. The van der Waals surface area contributed by atoms with Gasteiger partial charge in [-0.25, -0.2) is 4.68 Å². The van der Waals surface area contributed by atoms with Gasteiger partial charge in [-0.1, -0.05) is 90.6 Å². The molecule has 1 aliphatic heterocycles. The van der Waals surface area contributed by atoms with Gasteiger partial charge in [-0.05, 0) is 17.2 Å². The Kier molecular flexibility index (Phi) is 4.09. The summed E-state index contributed by atoms with van der Waals surface area (Å²) in [7, 11) is 0. The predicted molar refractivity (Wildman–Crippen MR) is 121 cm³/mol. The number of nitrogens with one attached hydrogen (secondary N) is 2. The van der Waals surface area contributed by atoms with Crippen molar-refractivity contribution < 1.29 is 0 Å². The highest BCUT2D eigenvalue weighted by molar-refractivity contribution is 7.99. The van der Waals surface area contributed by atoms with Crippen LogP contribution in [0.25, 0.3) is 22.2 Å². The van der Waals surface area contributed by atoms with Crippen LogP contribution in [0.3, 0.4) is 0 Å². The van der Waals surface area contributed by atoms with Crippen LogP contribution in [-0.4, -0.2) is 19.9 Å². The van der Waals surface area contributed by atoms with Gasteiger partial charge < -0.3 is 10.4 Å². The summed E-state index contributed by atoms with van der Waals surface area (Å²) >= 11 is 1.71. The van der Waals surface area contributed by atoms with Crippen molar-refractivity contribution in [1.29, 1.82) is 0 Å². The van der Waals surface area contributed by atoms with Crippen molar-refractivity contribution in [2.75, 3.05) is 5.43 Å². The number of benzene rings is 3. The summed E-state index contributed by atoms with van der Waals surface area (Å²) in [6.45, 7) is 0. The van der Waals surface area contributed by atoms with E-state index in [1.165, 1.54) is 22.1 Å². The maximum absolute atomic E-state index is 4.44. The van der Waals surface area contributed by atoms with Gasteiger partial charge in [0.15, 0.2) is 5.82 Å². The molecule has 3 aromatic carbocycles. The third-order valence-corrected chi connectivity index (χ3v) is 6.50. The van der Waals surface area contributed by atoms with E-state index in [4.69, 9.17) is 0 Å². The molecule has 0 saturated heterocycles. The fourth-order valence-corrected chi connectivity index (χ4v) is 5.12. The molecule has 5 aromatic rings. The smallest absolute Gasteiger partial charge is 0.212 e. The number of aromatic amines is 1. The zero-order valence-corrected chi connectivity index (χ0v) is 16.9. The lowest BCUT2D eigenvalue weighted by molar-refractivity contribution is 0.748. The van der Waals surface area contributed by atoms with Crippen molar-refractivity contribution in [3.8, 4) is 11.3 Å². The Morgan fingerprint density at radius 2 is 1.57 bits per heavy atom. The first kappa shape index (κ1) is 17.4. The standard InChI is InChI=1S/C24H19N5S/c1-3-9-16(10-4-1)15-20-26-27-24-29(20)28-23(30-24)21-18-13-7-8-14-19(18)25-22(21)17-11-5-2-6-12-17/h1-14,23,25,28H,15H2. The number of fused-ring (bicyclic) bond motifs is 2. The van der Waals surface area contributed by atoms with Crippen molar-refractivity contribution in [1.82, 2.24) is 19.9 Å². The number of thioether (sulfide) groups is 1. The Hall–Kier alpha value is -3.51. The number of H-pyrrole nitrogens is 1. The highest BCUT2D eigenvalue weighted by Crippen LogP contribution is 2.45. The molecule has 146 valence electrons. The summed E-state index contributed by atoms with van der Waals surface area (Å²) in [6, 6.07) is 29.3. The molecule has 1 unspecified atom stereocenters. The molecule has 0 spiro atoms. The predicted octanol–water partition coefficient (Wildman–Crippen LogP) is 5.37. The molecule has 0 bridgehead atoms. The SMILES string of the molecule is c1ccc(Cc2nnc3n2NC(c2c(-c4ccccc4)[nH]c4ccccc24)S3)cc1. The first-order valence-corrected chi connectivity index (χ1v) is 10.8. The minimum absolute atomic E-state index is 0.0522. The first-order chi connectivity index (χ1) is 14.9. The lowest BCUT2D eigenvalue weighted by Gasteiger charge is -2.14. The van der Waals surface area contributed by atoms with Gasteiger partial charge in [0.25, 0.3) is 0 Å². The molecule has 1 aliphatic rings.